The third kappa shape index (κ3) is 4.25. The molecule has 2 N–H and O–H groups in total. The Balaban J connectivity index is 0.00000220. The zero-order valence-corrected chi connectivity index (χ0v) is 12.7. The number of amides is 1. The Labute approximate surface area is 131 Å². The van der Waals surface area contributed by atoms with Gasteiger partial charge in [0.25, 0.3) is 5.92 Å². The van der Waals surface area contributed by atoms with Gasteiger partial charge in [0.1, 0.15) is 5.82 Å². The first kappa shape index (κ1) is 18.1. The third-order valence-electron chi connectivity index (χ3n) is 3.22. The Morgan fingerprint density at radius 1 is 1.52 bits per heavy atom. The van der Waals surface area contributed by atoms with Gasteiger partial charge < -0.3 is 5.32 Å². The number of hydrogen-bond donors (Lipinski definition) is 2. The van der Waals surface area contributed by atoms with Crippen molar-refractivity contribution in [1.29, 1.82) is 0 Å². The van der Waals surface area contributed by atoms with Crippen molar-refractivity contribution in [2.24, 2.45) is 0 Å². The number of halogens is 5. The van der Waals surface area contributed by atoms with Crippen LogP contribution in [0.25, 0.3) is 0 Å². The fraction of sp³-hybridized carbons (Fsp3) is 0.462. The van der Waals surface area contributed by atoms with Gasteiger partial charge in [-0.3, -0.25) is 10.1 Å². The van der Waals surface area contributed by atoms with E-state index >= 15 is 0 Å². The van der Waals surface area contributed by atoms with Crippen LogP contribution in [0.3, 0.4) is 0 Å². The topological polar surface area (TPSA) is 41.1 Å². The van der Waals surface area contributed by atoms with Gasteiger partial charge in [0, 0.05) is 17.0 Å². The Hall–Kier alpha value is -0.980. The van der Waals surface area contributed by atoms with E-state index in [-0.39, 0.29) is 23.0 Å². The first-order chi connectivity index (χ1) is 9.30. The Morgan fingerprint density at radius 2 is 2.19 bits per heavy atom. The maximum atomic E-state index is 13.7. The van der Waals surface area contributed by atoms with Crippen LogP contribution in [0.1, 0.15) is 24.9 Å². The third-order valence-corrected chi connectivity index (χ3v) is 3.55. The van der Waals surface area contributed by atoms with Crippen LogP contribution in [0.5, 0.6) is 0 Å². The Bertz CT molecular complexity index is 508. The Kier molecular flexibility index (Phi) is 5.90. The van der Waals surface area contributed by atoms with Crippen molar-refractivity contribution in [3.8, 4) is 0 Å². The van der Waals surface area contributed by atoms with Gasteiger partial charge in [0.2, 0.25) is 5.91 Å². The van der Waals surface area contributed by atoms with E-state index in [2.05, 4.69) is 10.6 Å². The number of hydrogen-bond acceptors (Lipinski definition) is 2. The summed E-state index contributed by atoms with van der Waals surface area (Å²) < 4.78 is 39.7. The molecule has 1 saturated heterocycles. The molecule has 0 spiro atoms. The van der Waals surface area contributed by atoms with Gasteiger partial charge in [-0.05, 0) is 19.1 Å². The molecule has 0 aliphatic carbocycles. The molecule has 2 unspecified atom stereocenters. The summed E-state index contributed by atoms with van der Waals surface area (Å²) in [5.74, 6) is -4.02. The fourth-order valence-corrected chi connectivity index (χ4v) is 2.54. The molecule has 1 aromatic rings. The minimum Gasteiger partial charge on any atom is -0.348 e. The van der Waals surface area contributed by atoms with Gasteiger partial charge in [0.05, 0.1) is 18.6 Å². The van der Waals surface area contributed by atoms with Crippen LogP contribution in [0, 0.1) is 5.82 Å². The molecule has 8 heteroatoms. The average molecular weight is 343 g/mol. The summed E-state index contributed by atoms with van der Waals surface area (Å²) in [4.78, 5) is 11.9. The molecule has 1 heterocycles. The van der Waals surface area contributed by atoms with Gasteiger partial charge in [0.15, 0.2) is 0 Å². The number of carbonyl (C=O) groups excluding carboxylic acids is 1. The van der Waals surface area contributed by atoms with E-state index in [9.17, 15) is 18.0 Å². The molecule has 0 aromatic heterocycles. The van der Waals surface area contributed by atoms with E-state index in [4.69, 9.17) is 11.6 Å². The van der Waals surface area contributed by atoms with Gasteiger partial charge in [-0.1, -0.05) is 17.7 Å². The first-order valence-electron chi connectivity index (χ1n) is 6.16. The zero-order chi connectivity index (χ0) is 14.9. The van der Waals surface area contributed by atoms with Crippen LogP contribution in [0.4, 0.5) is 13.2 Å². The number of rotatable bonds is 3. The summed E-state index contributed by atoms with van der Waals surface area (Å²) in [5.41, 5.74) is 0.146. The van der Waals surface area contributed by atoms with Crippen LogP contribution >= 0.6 is 24.0 Å². The second-order valence-corrected chi connectivity index (χ2v) is 5.27. The predicted molar refractivity (Wildman–Crippen MR) is 76.6 cm³/mol. The molecule has 1 aliphatic heterocycles. The maximum Gasteiger partial charge on any atom is 0.262 e. The Morgan fingerprint density at radius 3 is 2.71 bits per heavy atom. The molecule has 21 heavy (non-hydrogen) atoms. The lowest BCUT2D eigenvalue weighted by molar-refractivity contribution is -0.124. The zero-order valence-electron chi connectivity index (χ0n) is 11.1. The summed E-state index contributed by atoms with van der Waals surface area (Å²) in [5, 5.41) is 5.13. The summed E-state index contributed by atoms with van der Waals surface area (Å²) in [7, 11) is 0. The van der Waals surface area contributed by atoms with E-state index in [1.807, 2.05) is 0 Å². The highest BCUT2D eigenvalue weighted by Gasteiger charge is 2.42. The molecule has 2 atom stereocenters. The summed E-state index contributed by atoms with van der Waals surface area (Å²) >= 11 is 5.89. The van der Waals surface area contributed by atoms with E-state index in [1.165, 1.54) is 18.2 Å². The van der Waals surface area contributed by atoms with Crippen LogP contribution in [-0.4, -0.2) is 24.4 Å². The van der Waals surface area contributed by atoms with Gasteiger partial charge in [-0.25, -0.2) is 13.2 Å². The van der Waals surface area contributed by atoms with E-state index in [1.54, 1.807) is 6.92 Å². The van der Waals surface area contributed by atoms with Gasteiger partial charge >= 0.3 is 0 Å². The molecular weight excluding hydrogens is 328 g/mol. The van der Waals surface area contributed by atoms with Crippen molar-refractivity contribution < 1.29 is 18.0 Å². The number of carbonyl (C=O) groups is 1. The van der Waals surface area contributed by atoms with Crippen LogP contribution in [0.15, 0.2) is 18.2 Å². The smallest absolute Gasteiger partial charge is 0.262 e. The standard InChI is InChI=1S/C13H14ClF3N2O.ClH/c1-7(11-8(14)3-2-4-9(11)15)19-12(20)10-5-13(16,17)6-18-10;/h2-4,7,10,18H,5-6H2,1H3,(H,19,20);1H. The molecule has 0 bridgehead atoms. The summed E-state index contributed by atoms with van der Waals surface area (Å²) in [6.07, 6.45) is -0.559. The number of benzene rings is 1. The SMILES string of the molecule is CC(NC(=O)C1CC(F)(F)CN1)c1c(F)cccc1Cl.Cl. The number of nitrogens with one attached hydrogen (secondary N) is 2. The molecule has 1 amide bonds. The van der Waals surface area contributed by atoms with E-state index in [0.29, 0.717) is 0 Å². The van der Waals surface area contributed by atoms with Gasteiger partial charge in [-0.15, -0.1) is 12.4 Å². The van der Waals surface area contributed by atoms with E-state index < -0.39 is 42.7 Å². The molecular formula is C13H15Cl2F3N2O. The average Bonchev–Trinajstić information content (AvgIpc) is 2.69. The van der Waals surface area contributed by atoms with Crippen LogP contribution in [-0.2, 0) is 4.79 Å². The van der Waals surface area contributed by atoms with Crippen molar-refractivity contribution in [2.45, 2.75) is 31.4 Å². The molecule has 0 saturated carbocycles. The van der Waals surface area contributed by atoms with Crippen molar-refractivity contribution in [3.05, 3.63) is 34.6 Å². The van der Waals surface area contributed by atoms with Crippen LogP contribution in [0.2, 0.25) is 5.02 Å². The fourth-order valence-electron chi connectivity index (χ4n) is 2.21. The molecule has 118 valence electrons. The van der Waals surface area contributed by atoms with Crippen molar-refractivity contribution >= 4 is 29.9 Å². The molecule has 2 rings (SSSR count). The highest BCUT2D eigenvalue weighted by molar-refractivity contribution is 6.31. The van der Waals surface area contributed by atoms with Crippen molar-refractivity contribution in [3.63, 3.8) is 0 Å². The number of alkyl halides is 2. The highest BCUT2D eigenvalue weighted by Crippen LogP contribution is 2.28. The lowest BCUT2D eigenvalue weighted by Gasteiger charge is -2.19. The van der Waals surface area contributed by atoms with Gasteiger partial charge in [-0.2, -0.15) is 0 Å². The molecule has 1 aromatic carbocycles. The molecule has 0 radical (unpaired) electrons. The highest BCUT2D eigenvalue weighted by atomic mass is 35.5. The van der Waals surface area contributed by atoms with Crippen molar-refractivity contribution in [2.75, 3.05) is 6.54 Å². The molecule has 1 aliphatic rings. The maximum absolute atomic E-state index is 13.7. The minimum atomic E-state index is -2.89. The van der Waals surface area contributed by atoms with Crippen molar-refractivity contribution in [1.82, 2.24) is 10.6 Å². The quantitative estimate of drug-likeness (QED) is 0.886. The predicted octanol–water partition coefficient (Wildman–Crippen LogP) is 3.08. The lowest BCUT2D eigenvalue weighted by atomic mass is 10.1. The largest absolute Gasteiger partial charge is 0.348 e. The molecule has 3 nitrogen and oxygen atoms in total. The minimum absolute atomic E-state index is 0. The summed E-state index contributed by atoms with van der Waals surface area (Å²) in [6, 6.07) is 2.51. The lowest BCUT2D eigenvalue weighted by Crippen LogP contribution is -2.41. The second kappa shape index (κ2) is 6.85. The first-order valence-corrected chi connectivity index (χ1v) is 6.53. The van der Waals surface area contributed by atoms with E-state index in [0.717, 1.165) is 0 Å². The summed E-state index contributed by atoms with van der Waals surface area (Å²) in [6.45, 7) is 1.02. The monoisotopic (exact) mass is 342 g/mol. The van der Waals surface area contributed by atoms with Crippen LogP contribution < -0.4 is 10.6 Å². The second-order valence-electron chi connectivity index (χ2n) is 4.86. The molecule has 1 fully saturated rings. The normalized spacial score (nSPS) is 21.5.